The second-order valence-electron chi connectivity index (χ2n) is 8.74. The number of likely N-dealkylation sites (N-methyl/N-ethyl adjacent to an activating group) is 1. The third kappa shape index (κ3) is 16.6. The second kappa shape index (κ2) is 13.6. The second-order valence-corrected chi connectivity index (χ2v) is 8.74. The number of rotatable bonds is 17. The summed E-state index contributed by atoms with van der Waals surface area (Å²) in [5.41, 5.74) is -0.660. The topological polar surface area (TPSA) is 57.5 Å². The summed E-state index contributed by atoms with van der Waals surface area (Å²) in [6, 6.07) is 0. The maximum absolute atomic E-state index is 10.6. The SMILES string of the molecule is CCCCCCCCCCCCC(C)(O)C[N+](C)(C)CCCC(=O)O. The number of aliphatic hydroxyl groups is 1. The predicted molar refractivity (Wildman–Crippen MR) is 106 cm³/mol. The molecule has 1 unspecified atom stereocenters. The third-order valence-corrected chi connectivity index (χ3v) is 4.99. The molecule has 0 radical (unpaired) electrons. The molecule has 1 atom stereocenters. The Labute approximate surface area is 156 Å². The first-order chi connectivity index (χ1) is 11.7. The molecule has 0 spiro atoms. The Morgan fingerprint density at radius 3 is 1.84 bits per heavy atom. The highest BCUT2D eigenvalue weighted by Crippen LogP contribution is 2.20. The highest BCUT2D eigenvalue weighted by molar-refractivity contribution is 5.66. The predicted octanol–water partition coefficient (Wildman–Crippen LogP) is 4.99. The molecule has 0 aromatic carbocycles. The molecule has 0 heterocycles. The molecule has 150 valence electrons. The van der Waals surface area contributed by atoms with Gasteiger partial charge >= 0.3 is 5.97 Å². The van der Waals surface area contributed by atoms with Crippen LogP contribution >= 0.6 is 0 Å². The van der Waals surface area contributed by atoms with Gasteiger partial charge in [0.2, 0.25) is 0 Å². The van der Waals surface area contributed by atoms with Crippen LogP contribution in [0, 0.1) is 0 Å². The van der Waals surface area contributed by atoms with Gasteiger partial charge in [0.05, 0.1) is 27.1 Å². The Kier molecular flexibility index (Phi) is 13.2. The maximum Gasteiger partial charge on any atom is 0.303 e. The molecular weight excluding hydrogens is 314 g/mol. The lowest BCUT2D eigenvalue weighted by Crippen LogP contribution is -2.51. The number of hydrogen-bond donors (Lipinski definition) is 2. The zero-order valence-electron chi connectivity index (χ0n) is 17.4. The summed E-state index contributed by atoms with van der Waals surface area (Å²) in [4.78, 5) is 10.6. The van der Waals surface area contributed by atoms with Gasteiger partial charge in [0.25, 0.3) is 0 Å². The normalized spacial score (nSPS) is 14.4. The number of hydrogen-bond acceptors (Lipinski definition) is 2. The first-order valence-electron chi connectivity index (χ1n) is 10.4. The zero-order chi connectivity index (χ0) is 19.2. The highest BCUT2D eigenvalue weighted by Gasteiger charge is 2.30. The van der Waals surface area contributed by atoms with Crippen LogP contribution in [0.5, 0.6) is 0 Å². The van der Waals surface area contributed by atoms with Crippen molar-refractivity contribution in [3.8, 4) is 0 Å². The summed E-state index contributed by atoms with van der Waals surface area (Å²) < 4.78 is 0.679. The molecule has 4 heteroatoms. The minimum Gasteiger partial charge on any atom is -0.481 e. The highest BCUT2D eigenvalue weighted by atomic mass is 16.4. The van der Waals surface area contributed by atoms with E-state index in [-0.39, 0.29) is 6.42 Å². The monoisotopic (exact) mass is 358 g/mol. The van der Waals surface area contributed by atoms with Crippen LogP contribution in [0.2, 0.25) is 0 Å². The average molecular weight is 359 g/mol. The lowest BCUT2D eigenvalue weighted by molar-refractivity contribution is -0.896. The fraction of sp³-hybridized carbons (Fsp3) is 0.952. The fourth-order valence-electron chi connectivity index (χ4n) is 3.73. The van der Waals surface area contributed by atoms with Crippen LogP contribution in [0.3, 0.4) is 0 Å². The van der Waals surface area contributed by atoms with Gasteiger partial charge in [-0.1, -0.05) is 71.1 Å². The first kappa shape index (κ1) is 24.4. The summed E-state index contributed by atoms with van der Waals surface area (Å²) in [5, 5.41) is 19.4. The van der Waals surface area contributed by atoms with E-state index in [2.05, 4.69) is 21.0 Å². The van der Waals surface area contributed by atoms with Crippen molar-refractivity contribution in [1.29, 1.82) is 0 Å². The zero-order valence-corrected chi connectivity index (χ0v) is 17.4. The largest absolute Gasteiger partial charge is 0.481 e. The minimum atomic E-state index is -0.739. The Morgan fingerprint density at radius 2 is 1.36 bits per heavy atom. The van der Waals surface area contributed by atoms with E-state index in [9.17, 15) is 9.90 Å². The van der Waals surface area contributed by atoms with Gasteiger partial charge in [-0.05, 0) is 13.3 Å². The van der Waals surface area contributed by atoms with Crippen molar-refractivity contribution >= 4 is 5.97 Å². The van der Waals surface area contributed by atoms with E-state index >= 15 is 0 Å². The lowest BCUT2D eigenvalue weighted by Gasteiger charge is -2.36. The molecule has 0 aromatic rings. The number of carboxylic acid groups (broad SMARTS) is 1. The number of carboxylic acids is 1. The van der Waals surface area contributed by atoms with Gasteiger partial charge in [-0.15, -0.1) is 0 Å². The molecule has 0 saturated carbocycles. The van der Waals surface area contributed by atoms with E-state index in [0.717, 1.165) is 19.4 Å². The van der Waals surface area contributed by atoms with Crippen LogP contribution in [0.4, 0.5) is 0 Å². The molecule has 0 aromatic heterocycles. The van der Waals surface area contributed by atoms with Gasteiger partial charge in [0.1, 0.15) is 12.1 Å². The van der Waals surface area contributed by atoms with E-state index < -0.39 is 11.6 Å². The van der Waals surface area contributed by atoms with Crippen molar-refractivity contribution in [2.75, 3.05) is 27.2 Å². The standard InChI is InChI=1S/C21H43NO3/c1-5-6-7-8-9-10-11-12-13-14-17-21(2,25)19-22(3,4)18-15-16-20(23)24/h25H,5-19H2,1-4H3/p+1. The van der Waals surface area contributed by atoms with Crippen LogP contribution in [-0.4, -0.2) is 53.5 Å². The van der Waals surface area contributed by atoms with Gasteiger partial charge in [0.15, 0.2) is 0 Å². The van der Waals surface area contributed by atoms with E-state index in [1.165, 1.54) is 57.8 Å². The van der Waals surface area contributed by atoms with Gasteiger partial charge in [-0.25, -0.2) is 0 Å². The first-order valence-corrected chi connectivity index (χ1v) is 10.4. The summed E-state index contributed by atoms with van der Waals surface area (Å²) >= 11 is 0. The fourth-order valence-corrected chi connectivity index (χ4v) is 3.73. The molecule has 0 bridgehead atoms. The lowest BCUT2D eigenvalue weighted by atomic mass is 9.96. The van der Waals surface area contributed by atoms with Gasteiger partial charge in [-0.2, -0.15) is 0 Å². The molecule has 0 fully saturated rings. The Bertz CT molecular complexity index is 340. The Morgan fingerprint density at radius 1 is 0.880 bits per heavy atom. The minimum absolute atomic E-state index is 0.211. The van der Waals surface area contributed by atoms with Crippen LogP contribution in [0.1, 0.15) is 97.3 Å². The summed E-state index contributed by atoms with van der Waals surface area (Å²) in [5.74, 6) is -0.739. The van der Waals surface area contributed by atoms with Crippen LogP contribution in [-0.2, 0) is 4.79 Å². The van der Waals surface area contributed by atoms with Gasteiger partial charge < -0.3 is 14.7 Å². The molecule has 0 aliphatic heterocycles. The van der Waals surface area contributed by atoms with E-state index in [1.807, 2.05) is 6.92 Å². The molecule has 4 nitrogen and oxygen atoms in total. The Hall–Kier alpha value is -0.610. The van der Waals surface area contributed by atoms with Gasteiger partial charge in [0, 0.05) is 6.42 Å². The van der Waals surface area contributed by atoms with Crippen LogP contribution < -0.4 is 0 Å². The van der Waals surface area contributed by atoms with E-state index in [1.54, 1.807) is 0 Å². The summed E-state index contributed by atoms with van der Waals surface area (Å²) in [7, 11) is 4.16. The van der Waals surface area contributed by atoms with Crippen molar-refractivity contribution < 1.29 is 19.5 Å². The van der Waals surface area contributed by atoms with Crippen LogP contribution in [0.15, 0.2) is 0 Å². The number of nitrogens with zero attached hydrogens (tertiary/aromatic N) is 1. The number of aliphatic carboxylic acids is 1. The molecule has 0 aliphatic carbocycles. The number of quaternary nitrogens is 1. The maximum atomic E-state index is 10.6. The molecule has 2 N–H and O–H groups in total. The average Bonchev–Trinajstić information content (AvgIpc) is 2.47. The number of carbonyl (C=O) groups is 1. The van der Waals surface area contributed by atoms with E-state index in [4.69, 9.17) is 5.11 Å². The van der Waals surface area contributed by atoms with Crippen molar-refractivity contribution in [2.24, 2.45) is 0 Å². The van der Waals surface area contributed by atoms with Crippen LogP contribution in [0.25, 0.3) is 0 Å². The smallest absolute Gasteiger partial charge is 0.303 e. The molecule has 0 amide bonds. The van der Waals surface area contributed by atoms with Crippen molar-refractivity contribution in [2.45, 2.75) is 103 Å². The van der Waals surface area contributed by atoms with Crippen molar-refractivity contribution in [3.05, 3.63) is 0 Å². The van der Waals surface area contributed by atoms with Crippen molar-refractivity contribution in [1.82, 2.24) is 0 Å². The van der Waals surface area contributed by atoms with Crippen molar-refractivity contribution in [3.63, 3.8) is 0 Å². The molecular formula is C21H44NO3+. The molecule has 0 aliphatic rings. The van der Waals surface area contributed by atoms with Gasteiger partial charge in [-0.3, -0.25) is 4.79 Å². The summed E-state index contributed by atoms with van der Waals surface area (Å²) in [6.45, 7) is 5.66. The summed E-state index contributed by atoms with van der Waals surface area (Å²) in [6.07, 6.45) is 14.8. The third-order valence-electron chi connectivity index (χ3n) is 4.99. The number of unbranched alkanes of at least 4 members (excludes halogenated alkanes) is 9. The molecule has 0 saturated heterocycles. The molecule has 0 rings (SSSR count). The Balaban J connectivity index is 3.73. The van der Waals surface area contributed by atoms with E-state index in [0.29, 0.717) is 17.4 Å². The molecule has 25 heavy (non-hydrogen) atoms. The quantitative estimate of drug-likeness (QED) is 0.284.